The summed E-state index contributed by atoms with van der Waals surface area (Å²) in [5.74, 6) is 2.58. The Morgan fingerprint density at radius 3 is 2.52 bits per heavy atom. The third kappa shape index (κ3) is 3.96. The monoisotopic (exact) mass is 282 g/mol. The van der Waals surface area contributed by atoms with Crippen molar-refractivity contribution in [2.45, 2.75) is 32.4 Å². The summed E-state index contributed by atoms with van der Waals surface area (Å²) in [5, 5.41) is 0. The second kappa shape index (κ2) is 7.30. The Morgan fingerprint density at radius 1 is 1.05 bits per heavy atom. The van der Waals surface area contributed by atoms with Crippen LogP contribution < -0.4 is 11.2 Å². The highest BCUT2D eigenvalue weighted by atomic mass is 16.2. The molecule has 2 aromatic rings. The third-order valence-electron chi connectivity index (χ3n) is 3.29. The molecule has 0 amide bonds. The van der Waals surface area contributed by atoms with Gasteiger partial charge in [0.1, 0.15) is 0 Å². The minimum absolute atomic E-state index is 0.271. The number of benzene rings is 1. The van der Waals surface area contributed by atoms with Gasteiger partial charge in [-0.2, -0.15) is 0 Å². The second-order valence-electron chi connectivity index (χ2n) is 4.86. The van der Waals surface area contributed by atoms with Gasteiger partial charge in [0, 0.05) is 25.2 Å². The molecule has 0 aliphatic rings. The highest BCUT2D eigenvalue weighted by molar-refractivity contribution is 5.15. The van der Waals surface area contributed by atoms with Gasteiger partial charge in [-0.15, -0.1) is 12.3 Å². The molecule has 0 atom stereocenters. The van der Waals surface area contributed by atoms with Crippen LogP contribution in [0.25, 0.3) is 0 Å². The van der Waals surface area contributed by atoms with Crippen molar-refractivity contribution in [3.63, 3.8) is 0 Å². The third-order valence-corrected chi connectivity index (χ3v) is 3.29. The standard InChI is InChI=1S/C17H18N2O2/c1-2-3-4-8-12-18-13-11-16(20)19(17(18)21)14-15-9-6-5-7-10-15/h1,5-7,9-11,13H,3-4,8,12,14H2. The summed E-state index contributed by atoms with van der Waals surface area (Å²) >= 11 is 0. The summed E-state index contributed by atoms with van der Waals surface area (Å²) in [4.78, 5) is 24.2. The number of rotatable bonds is 6. The highest BCUT2D eigenvalue weighted by Gasteiger charge is 2.05. The summed E-state index contributed by atoms with van der Waals surface area (Å²) in [6.45, 7) is 0.874. The number of unbranched alkanes of at least 4 members (excludes halogenated alkanes) is 2. The molecule has 4 heteroatoms. The van der Waals surface area contributed by atoms with Gasteiger partial charge in [-0.25, -0.2) is 4.79 Å². The molecule has 0 aliphatic carbocycles. The lowest BCUT2D eigenvalue weighted by atomic mass is 10.2. The van der Waals surface area contributed by atoms with Crippen molar-refractivity contribution in [1.29, 1.82) is 0 Å². The number of aryl methyl sites for hydroxylation is 1. The largest absolute Gasteiger partial charge is 0.331 e. The van der Waals surface area contributed by atoms with Gasteiger partial charge in [0.2, 0.25) is 0 Å². The predicted molar refractivity (Wildman–Crippen MR) is 83.2 cm³/mol. The molecule has 21 heavy (non-hydrogen) atoms. The van der Waals surface area contributed by atoms with E-state index in [1.807, 2.05) is 30.3 Å². The maximum Gasteiger partial charge on any atom is 0.331 e. The van der Waals surface area contributed by atoms with E-state index in [0.717, 1.165) is 18.4 Å². The van der Waals surface area contributed by atoms with E-state index in [1.165, 1.54) is 10.6 Å². The summed E-state index contributed by atoms with van der Waals surface area (Å²) < 4.78 is 2.83. The lowest BCUT2D eigenvalue weighted by Crippen LogP contribution is -2.39. The molecule has 0 bridgehead atoms. The molecule has 1 heterocycles. The van der Waals surface area contributed by atoms with Crippen molar-refractivity contribution >= 4 is 0 Å². The first kappa shape index (κ1) is 14.9. The van der Waals surface area contributed by atoms with E-state index < -0.39 is 0 Å². The van der Waals surface area contributed by atoms with Crippen molar-refractivity contribution in [2.75, 3.05) is 0 Å². The van der Waals surface area contributed by atoms with Crippen molar-refractivity contribution in [3.8, 4) is 12.3 Å². The van der Waals surface area contributed by atoms with Gasteiger partial charge in [-0.3, -0.25) is 9.36 Å². The van der Waals surface area contributed by atoms with E-state index in [2.05, 4.69) is 5.92 Å². The van der Waals surface area contributed by atoms with Gasteiger partial charge in [0.25, 0.3) is 5.56 Å². The molecule has 4 nitrogen and oxygen atoms in total. The molecule has 108 valence electrons. The highest BCUT2D eigenvalue weighted by Crippen LogP contribution is 1.99. The Labute approximate surface area is 123 Å². The zero-order valence-corrected chi connectivity index (χ0v) is 11.9. The van der Waals surface area contributed by atoms with Crippen LogP contribution in [0.2, 0.25) is 0 Å². The minimum atomic E-state index is -0.274. The summed E-state index contributed by atoms with van der Waals surface area (Å²) in [6.07, 6.45) is 9.17. The fourth-order valence-corrected chi connectivity index (χ4v) is 2.15. The molecule has 0 spiro atoms. The minimum Gasteiger partial charge on any atom is -0.300 e. The van der Waals surface area contributed by atoms with Crippen molar-refractivity contribution in [1.82, 2.24) is 9.13 Å². The van der Waals surface area contributed by atoms with Crippen molar-refractivity contribution < 1.29 is 0 Å². The molecule has 0 aliphatic heterocycles. The summed E-state index contributed by atoms with van der Waals surface area (Å²) in [6, 6.07) is 10.9. The first-order chi connectivity index (χ1) is 10.2. The number of aromatic nitrogens is 2. The molecule has 2 rings (SSSR count). The van der Waals surface area contributed by atoms with Crippen molar-refractivity contribution in [2.24, 2.45) is 0 Å². The first-order valence-electron chi connectivity index (χ1n) is 7.00. The summed E-state index contributed by atoms with van der Waals surface area (Å²) in [5.41, 5.74) is 0.387. The van der Waals surface area contributed by atoms with Crippen LogP contribution in [0.15, 0.2) is 52.2 Å². The molecule has 0 N–H and O–H groups in total. The van der Waals surface area contributed by atoms with Crippen LogP contribution in [0.1, 0.15) is 24.8 Å². The number of terminal acetylenes is 1. The molecule has 1 aromatic heterocycles. The van der Waals surface area contributed by atoms with Gasteiger partial charge in [0.05, 0.1) is 6.54 Å². The van der Waals surface area contributed by atoms with Crippen LogP contribution in [0.4, 0.5) is 0 Å². The van der Waals surface area contributed by atoms with Gasteiger partial charge >= 0.3 is 5.69 Å². The maximum absolute atomic E-state index is 12.3. The maximum atomic E-state index is 12.3. The Bertz CT molecular complexity index is 736. The number of hydrogen-bond donors (Lipinski definition) is 0. The summed E-state index contributed by atoms with van der Waals surface area (Å²) in [7, 11) is 0. The normalized spacial score (nSPS) is 10.2. The fraction of sp³-hybridized carbons (Fsp3) is 0.294. The smallest absolute Gasteiger partial charge is 0.300 e. The van der Waals surface area contributed by atoms with E-state index in [-0.39, 0.29) is 11.2 Å². The quantitative estimate of drug-likeness (QED) is 0.599. The lowest BCUT2D eigenvalue weighted by Gasteiger charge is -2.09. The van der Waals surface area contributed by atoms with E-state index in [9.17, 15) is 9.59 Å². The fourth-order valence-electron chi connectivity index (χ4n) is 2.15. The first-order valence-corrected chi connectivity index (χ1v) is 7.00. The van der Waals surface area contributed by atoms with Crippen LogP contribution in [0.3, 0.4) is 0 Å². The van der Waals surface area contributed by atoms with Gasteiger partial charge in [0.15, 0.2) is 0 Å². The number of hydrogen-bond acceptors (Lipinski definition) is 2. The van der Waals surface area contributed by atoms with Crippen LogP contribution in [0, 0.1) is 12.3 Å². The van der Waals surface area contributed by atoms with Crippen LogP contribution in [0.5, 0.6) is 0 Å². The molecule has 0 fully saturated rings. The van der Waals surface area contributed by atoms with E-state index in [0.29, 0.717) is 19.5 Å². The lowest BCUT2D eigenvalue weighted by molar-refractivity contribution is 0.546. The zero-order valence-electron chi connectivity index (χ0n) is 11.9. The molecular formula is C17H18N2O2. The average molecular weight is 282 g/mol. The van der Waals surface area contributed by atoms with Crippen molar-refractivity contribution in [3.05, 3.63) is 69.0 Å². The Balaban J connectivity index is 2.20. The average Bonchev–Trinajstić information content (AvgIpc) is 2.51. The Morgan fingerprint density at radius 2 is 1.81 bits per heavy atom. The predicted octanol–water partition coefficient (Wildman–Crippen LogP) is 1.86. The van der Waals surface area contributed by atoms with Crippen LogP contribution in [-0.4, -0.2) is 9.13 Å². The number of nitrogens with zero attached hydrogens (tertiary/aromatic N) is 2. The molecule has 0 radical (unpaired) electrons. The van der Waals surface area contributed by atoms with Gasteiger partial charge < -0.3 is 4.57 Å². The van der Waals surface area contributed by atoms with Gasteiger partial charge in [-0.05, 0) is 18.4 Å². The Hall–Kier alpha value is -2.54. The van der Waals surface area contributed by atoms with Crippen LogP contribution in [-0.2, 0) is 13.1 Å². The topological polar surface area (TPSA) is 44.0 Å². The second-order valence-corrected chi connectivity index (χ2v) is 4.86. The molecule has 0 unspecified atom stereocenters. The Kier molecular flexibility index (Phi) is 5.16. The zero-order chi connectivity index (χ0) is 15.1. The van der Waals surface area contributed by atoms with E-state index >= 15 is 0 Å². The molecule has 0 saturated heterocycles. The van der Waals surface area contributed by atoms with E-state index in [4.69, 9.17) is 6.42 Å². The SMILES string of the molecule is C#CCCCCn1ccc(=O)n(Cc2ccccc2)c1=O. The van der Waals surface area contributed by atoms with E-state index in [1.54, 1.807) is 10.8 Å². The van der Waals surface area contributed by atoms with Gasteiger partial charge in [-0.1, -0.05) is 30.3 Å². The van der Waals surface area contributed by atoms with Crippen LogP contribution >= 0.6 is 0 Å². The molecular weight excluding hydrogens is 264 g/mol. The molecule has 1 aromatic carbocycles. The molecule has 0 saturated carbocycles.